The maximum atomic E-state index is 12.0. The van der Waals surface area contributed by atoms with Gasteiger partial charge >= 0.3 is 0 Å². The number of rotatable bonds is 7. The molecule has 2 aromatic carbocycles. The van der Waals surface area contributed by atoms with Crippen molar-refractivity contribution in [3.63, 3.8) is 0 Å². The first-order valence-corrected chi connectivity index (χ1v) is 12.8. The van der Waals surface area contributed by atoms with Crippen molar-refractivity contribution in [2.24, 2.45) is 5.41 Å². The van der Waals surface area contributed by atoms with Crippen molar-refractivity contribution in [1.82, 2.24) is 0 Å². The lowest BCUT2D eigenvalue weighted by Crippen LogP contribution is -2.66. The second kappa shape index (κ2) is 7.91. The number of Topliss-reactive ketones (excluding diaryl/α,β-unsaturated/α-hetero) is 1. The van der Waals surface area contributed by atoms with Gasteiger partial charge in [-0.25, -0.2) is 0 Å². The minimum absolute atomic E-state index is 0.0148. The molecule has 158 valence electrons. The molecule has 2 unspecified atom stereocenters. The number of benzene rings is 2. The summed E-state index contributed by atoms with van der Waals surface area (Å²) in [5, 5.41) is 2.53. The Labute approximate surface area is 181 Å². The molecule has 0 spiro atoms. The Morgan fingerprint density at radius 1 is 1.10 bits per heavy atom. The van der Waals surface area contributed by atoms with Crippen molar-refractivity contribution in [2.45, 2.75) is 57.3 Å². The third-order valence-corrected chi connectivity index (χ3v) is 12.0. The molecule has 4 rings (SSSR count). The summed E-state index contributed by atoms with van der Waals surface area (Å²) in [4.78, 5) is 12.0. The first-order valence-electron chi connectivity index (χ1n) is 10.9. The van der Waals surface area contributed by atoms with Crippen LogP contribution in [0.4, 0.5) is 0 Å². The summed E-state index contributed by atoms with van der Waals surface area (Å²) in [6.45, 7) is 11.6. The number of ether oxygens (including phenoxy) is 1. The molecule has 2 fully saturated rings. The number of ketones is 1. The van der Waals surface area contributed by atoms with Crippen molar-refractivity contribution >= 4 is 24.5 Å². The molecule has 30 heavy (non-hydrogen) atoms. The van der Waals surface area contributed by atoms with Crippen LogP contribution in [0.25, 0.3) is 0 Å². The maximum absolute atomic E-state index is 12.0. The highest BCUT2D eigenvalue weighted by atomic mass is 28.4. The zero-order chi connectivity index (χ0) is 21.4. The number of hydrogen-bond donors (Lipinski definition) is 0. The van der Waals surface area contributed by atoms with Crippen LogP contribution in [0.5, 0.6) is 0 Å². The molecule has 3 atom stereocenters. The Bertz CT molecular complexity index is 863. The Balaban J connectivity index is 1.66. The van der Waals surface area contributed by atoms with Crippen molar-refractivity contribution in [3.8, 4) is 0 Å². The van der Waals surface area contributed by atoms with Gasteiger partial charge in [0.2, 0.25) is 0 Å². The van der Waals surface area contributed by atoms with Gasteiger partial charge in [0.15, 0.2) is 5.78 Å². The van der Waals surface area contributed by atoms with Crippen LogP contribution in [-0.2, 0) is 14.0 Å². The van der Waals surface area contributed by atoms with E-state index in [0.29, 0.717) is 13.0 Å². The average Bonchev–Trinajstić information content (AvgIpc) is 3.56. The average molecular weight is 421 g/mol. The summed E-state index contributed by atoms with van der Waals surface area (Å²) in [7, 11) is -2.54. The molecule has 3 nitrogen and oxygen atoms in total. The molecule has 1 aliphatic heterocycles. The number of epoxide rings is 1. The van der Waals surface area contributed by atoms with E-state index in [1.807, 2.05) is 6.08 Å². The summed E-state index contributed by atoms with van der Waals surface area (Å²) < 4.78 is 12.8. The Morgan fingerprint density at radius 3 is 2.17 bits per heavy atom. The number of hydrogen-bond acceptors (Lipinski definition) is 3. The topological polar surface area (TPSA) is 38.8 Å². The largest absolute Gasteiger partial charge is 0.407 e. The quantitative estimate of drug-likeness (QED) is 0.382. The SMILES string of the molecule is C=C[C@@]1(CCO[Si](c2ccccc2)(c2ccccc2)C(C)(C)C)CCC(=O)C2OC21. The van der Waals surface area contributed by atoms with Gasteiger partial charge in [-0.15, -0.1) is 6.58 Å². The van der Waals surface area contributed by atoms with Gasteiger partial charge in [-0.1, -0.05) is 87.5 Å². The highest BCUT2D eigenvalue weighted by Gasteiger charge is 2.59. The predicted molar refractivity (Wildman–Crippen MR) is 124 cm³/mol. The lowest BCUT2D eigenvalue weighted by atomic mass is 9.71. The molecule has 1 saturated heterocycles. The van der Waals surface area contributed by atoms with E-state index in [-0.39, 0.29) is 28.4 Å². The second-order valence-corrected chi connectivity index (χ2v) is 13.9. The highest BCUT2D eigenvalue weighted by Crippen LogP contribution is 2.50. The maximum Gasteiger partial charge on any atom is 0.261 e. The Morgan fingerprint density at radius 2 is 1.67 bits per heavy atom. The molecular weight excluding hydrogens is 388 g/mol. The van der Waals surface area contributed by atoms with Crippen LogP contribution in [0.15, 0.2) is 73.3 Å². The molecule has 1 heterocycles. The van der Waals surface area contributed by atoms with Crippen molar-refractivity contribution in [1.29, 1.82) is 0 Å². The second-order valence-electron chi connectivity index (χ2n) is 9.64. The van der Waals surface area contributed by atoms with E-state index in [4.69, 9.17) is 9.16 Å². The minimum atomic E-state index is -2.54. The number of fused-ring (bicyclic) bond motifs is 1. The molecule has 1 aliphatic carbocycles. The minimum Gasteiger partial charge on any atom is -0.407 e. The fraction of sp³-hybridized carbons (Fsp3) is 0.423. The van der Waals surface area contributed by atoms with Crippen molar-refractivity contribution in [3.05, 3.63) is 73.3 Å². The Hall–Kier alpha value is -2.01. The van der Waals surface area contributed by atoms with Gasteiger partial charge in [0, 0.05) is 18.4 Å². The van der Waals surface area contributed by atoms with Crippen molar-refractivity contribution < 1.29 is 14.0 Å². The van der Waals surface area contributed by atoms with E-state index in [9.17, 15) is 4.79 Å². The lowest BCUT2D eigenvalue weighted by Gasteiger charge is -2.44. The molecule has 0 aromatic heterocycles. The van der Waals surface area contributed by atoms with Crippen LogP contribution < -0.4 is 10.4 Å². The summed E-state index contributed by atoms with van der Waals surface area (Å²) >= 11 is 0. The van der Waals surface area contributed by atoms with Gasteiger partial charge in [0.05, 0.1) is 0 Å². The van der Waals surface area contributed by atoms with Gasteiger partial charge in [-0.2, -0.15) is 0 Å². The Kier molecular flexibility index (Phi) is 5.60. The van der Waals surface area contributed by atoms with Gasteiger partial charge in [0.1, 0.15) is 12.2 Å². The summed E-state index contributed by atoms with van der Waals surface area (Å²) in [6.07, 6.45) is 3.99. The smallest absolute Gasteiger partial charge is 0.261 e. The van der Waals surface area contributed by atoms with E-state index < -0.39 is 8.32 Å². The van der Waals surface area contributed by atoms with Crippen molar-refractivity contribution in [2.75, 3.05) is 6.61 Å². The monoisotopic (exact) mass is 420 g/mol. The van der Waals surface area contributed by atoms with E-state index in [1.165, 1.54) is 10.4 Å². The lowest BCUT2D eigenvalue weighted by molar-refractivity contribution is -0.121. The van der Waals surface area contributed by atoms with Gasteiger partial charge in [-0.3, -0.25) is 4.79 Å². The normalized spacial score (nSPS) is 26.2. The van der Waals surface area contributed by atoms with E-state index >= 15 is 0 Å². The number of carbonyl (C=O) groups excluding carboxylic acids is 1. The third kappa shape index (κ3) is 3.51. The first kappa shape index (κ1) is 21.2. The van der Waals surface area contributed by atoms with Gasteiger partial charge in [-0.05, 0) is 28.3 Å². The fourth-order valence-corrected chi connectivity index (χ4v) is 9.74. The molecule has 0 N–H and O–H groups in total. The molecule has 1 saturated carbocycles. The van der Waals surface area contributed by atoms with Crippen LogP contribution in [-0.4, -0.2) is 32.9 Å². The van der Waals surface area contributed by atoms with Crippen LogP contribution >= 0.6 is 0 Å². The summed E-state index contributed by atoms with van der Waals surface area (Å²) in [5.41, 5.74) is -0.163. The van der Waals surface area contributed by atoms with Crippen LogP contribution in [0.2, 0.25) is 5.04 Å². The standard InChI is InChI=1S/C26H32O3Si/c1-5-26(17-16-22(27)23-24(26)29-23)18-19-28-30(25(2,3)4,20-12-8-6-9-13-20)21-14-10-7-11-15-21/h5-15,23-24H,1,16-19H2,2-4H3/t23?,24?,26-/m0/s1. The molecule has 0 bridgehead atoms. The molecule has 2 aliphatic rings. The summed E-state index contributed by atoms with van der Waals surface area (Å²) in [5.74, 6) is 0.241. The number of carbonyl (C=O) groups is 1. The van der Waals surface area contributed by atoms with Crippen LogP contribution in [0.3, 0.4) is 0 Å². The first-order chi connectivity index (χ1) is 14.3. The molecule has 0 amide bonds. The molecular formula is C26H32O3Si. The molecule has 0 radical (unpaired) electrons. The van der Waals surface area contributed by atoms with E-state index in [1.54, 1.807) is 0 Å². The zero-order valence-electron chi connectivity index (χ0n) is 18.3. The van der Waals surface area contributed by atoms with Crippen LogP contribution in [0.1, 0.15) is 40.0 Å². The van der Waals surface area contributed by atoms with E-state index in [0.717, 1.165) is 12.8 Å². The van der Waals surface area contributed by atoms with Gasteiger partial charge in [0.25, 0.3) is 8.32 Å². The zero-order valence-corrected chi connectivity index (χ0v) is 19.3. The fourth-order valence-electron chi connectivity index (χ4n) is 5.18. The molecule has 2 aromatic rings. The molecule has 4 heteroatoms. The summed E-state index contributed by atoms with van der Waals surface area (Å²) in [6, 6.07) is 21.4. The van der Waals surface area contributed by atoms with Gasteiger partial charge < -0.3 is 9.16 Å². The highest BCUT2D eigenvalue weighted by molar-refractivity contribution is 6.99. The van der Waals surface area contributed by atoms with Crippen LogP contribution in [0, 0.1) is 5.41 Å². The van der Waals surface area contributed by atoms with E-state index in [2.05, 4.69) is 88.0 Å². The third-order valence-electron chi connectivity index (χ3n) is 6.92. The predicted octanol–water partition coefficient (Wildman–Crippen LogP) is 4.26.